The molecule has 1 fully saturated rings. The van der Waals surface area contributed by atoms with Crippen molar-refractivity contribution in [2.45, 2.75) is 71.0 Å². The van der Waals surface area contributed by atoms with E-state index in [0.717, 1.165) is 6.42 Å². The van der Waals surface area contributed by atoms with Crippen LogP contribution in [0.5, 0.6) is 0 Å². The number of ketones is 1. The van der Waals surface area contributed by atoms with Crippen molar-refractivity contribution in [1.29, 1.82) is 0 Å². The molecule has 1 aliphatic heterocycles. The third-order valence-electron chi connectivity index (χ3n) is 3.09. The lowest BCUT2D eigenvalue weighted by Crippen LogP contribution is -2.10. The van der Waals surface area contributed by atoms with Crippen molar-refractivity contribution in [2.75, 3.05) is 6.61 Å². The summed E-state index contributed by atoms with van der Waals surface area (Å²) in [7, 11) is 0. The molecule has 0 saturated carbocycles. The summed E-state index contributed by atoms with van der Waals surface area (Å²) in [5.41, 5.74) is 0. The van der Waals surface area contributed by atoms with Gasteiger partial charge in [0.05, 0.1) is 12.7 Å². The van der Waals surface area contributed by atoms with Crippen LogP contribution >= 0.6 is 0 Å². The topological polar surface area (TPSA) is 55.9 Å². The number of rotatable bonds is 9. The maximum absolute atomic E-state index is 11.4. The summed E-state index contributed by atoms with van der Waals surface area (Å²) in [5.74, 6) is 5.41. The molecule has 0 aromatic rings. The van der Waals surface area contributed by atoms with E-state index < -0.39 is 5.97 Å². The molecular weight excluding hydrogens is 256 g/mol. The fourth-order valence-corrected chi connectivity index (χ4v) is 1.92. The first-order valence-electron chi connectivity index (χ1n) is 7.48. The van der Waals surface area contributed by atoms with Crippen molar-refractivity contribution in [2.24, 2.45) is 0 Å². The number of carbonyl (C=O) groups excluding carboxylic acids is 2. The number of Topliss-reactive ketones (excluding diaryl/α,β-unsaturated/α-hetero) is 1. The zero-order valence-electron chi connectivity index (χ0n) is 12.4. The third-order valence-corrected chi connectivity index (χ3v) is 3.09. The number of unbranched alkanes of at least 4 members (excludes halogenated alkanes) is 2. The van der Waals surface area contributed by atoms with Crippen LogP contribution in [0.25, 0.3) is 0 Å². The summed E-state index contributed by atoms with van der Waals surface area (Å²) in [4.78, 5) is 22.5. The van der Waals surface area contributed by atoms with E-state index in [2.05, 4.69) is 18.8 Å². The largest absolute Gasteiger partial charge is 0.466 e. The Kier molecular flexibility index (Phi) is 7.98. The van der Waals surface area contributed by atoms with Gasteiger partial charge in [-0.25, -0.2) is 0 Å². The lowest BCUT2D eigenvalue weighted by atomic mass is 10.1. The smallest absolute Gasteiger partial charge is 0.313 e. The number of hydrogen-bond donors (Lipinski definition) is 0. The Hall–Kier alpha value is -1.34. The van der Waals surface area contributed by atoms with Gasteiger partial charge in [-0.05, 0) is 13.3 Å². The highest BCUT2D eigenvalue weighted by Crippen LogP contribution is 2.26. The second kappa shape index (κ2) is 9.55. The van der Waals surface area contributed by atoms with Crippen molar-refractivity contribution in [3.63, 3.8) is 0 Å². The highest BCUT2D eigenvalue weighted by molar-refractivity contribution is 5.95. The van der Waals surface area contributed by atoms with E-state index in [-0.39, 0.29) is 18.3 Å². The lowest BCUT2D eigenvalue weighted by molar-refractivity contribution is -0.145. The Morgan fingerprint density at radius 3 is 2.75 bits per heavy atom. The van der Waals surface area contributed by atoms with Gasteiger partial charge in [0, 0.05) is 12.8 Å². The molecule has 0 radical (unpaired) electrons. The third kappa shape index (κ3) is 7.30. The van der Waals surface area contributed by atoms with Crippen molar-refractivity contribution < 1.29 is 19.1 Å². The molecule has 0 aromatic heterocycles. The molecule has 4 heteroatoms. The van der Waals surface area contributed by atoms with Crippen molar-refractivity contribution in [3.05, 3.63) is 0 Å². The molecular formula is C16H24O4. The average molecular weight is 280 g/mol. The highest BCUT2D eigenvalue weighted by Gasteiger charge is 2.36. The predicted octanol–water partition coefficient (Wildman–Crippen LogP) is 2.64. The molecule has 0 amide bonds. The lowest BCUT2D eigenvalue weighted by Gasteiger charge is -1.99. The minimum Gasteiger partial charge on any atom is -0.466 e. The van der Waals surface area contributed by atoms with E-state index >= 15 is 0 Å². The van der Waals surface area contributed by atoms with Gasteiger partial charge in [-0.15, -0.1) is 0 Å². The molecule has 0 aliphatic carbocycles. The maximum Gasteiger partial charge on any atom is 0.313 e. The van der Waals surface area contributed by atoms with E-state index in [1.807, 2.05) is 0 Å². The van der Waals surface area contributed by atoms with Crippen LogP contribution in [-0.2, 0) is 19.1 Å². The molecule has 0 aromatic carbocycles. The van der Waals surface area contributed by atoms with Crippen LogP contribution in [0.15, 0.2) is 0 Å². The zero-order chi connectivity index (χ0) is 14.8. The number of carbonyl (C=O) groups is 2. The Balaban J connectivity index is 2.06. The maximum atomic E-state index is 11.4. The molecule has 0 bridgehead atoms. The summed E-state index contributed by atoms with van der Waals surface area (Å²) in [6, 6.07) is 0. The van der Waals surface area contributed by atoms with Gasteiger partial charge in [-0.2, -0.15) is 0 Å². The second-order valence-electron chi connectivity index (χ2n) is 4.93. The Morgan fingerprint density at radius 1 is 1.25 bits per heavy atom. The number of ether oxygens (including phenoxy) is 2. The zero-order valence-corrected chi connectivity index (χ0v) is 12.4. The molecule has 1 rings (SSSR count). The van der Waals surface area contributed by atoms with Gasteiger partial charge < -0.3 is 9.47 Å². The van der Waals surface area contributed by atoms with Crippen LogP contribution in [0.1, 0.15) is 58.8 Å². The summed E-state index contributed by atoms with van der Waals surface area (Å²) in [5, 5.41) is 0. The summed E-state index contributed by atoms with van der Waals surface area (Å²) < 4.78 is 10.1. The molecule has 0 N–H and O–H groups in total. The Labute approximate surface area is 121 Å². The van der Waals surface area contributed by atoms with E-state index in [4.69, 9.17) is 9.47 Å². The van der Waals surface area contributed by atoms with Crippen LogP contribution in [0.2, 0.25) is 0 Å². The van der Waals surface area contributed by atoms with Crippen molar-refractivity contribution >= 4 is 11.8 Å². The van der Waals surface area contributed by atoms with E-state index in [1.54, 1.807) is 6.92 Å². The van der Waals surface area contributed by atoms with Crippen LogP contribution in [0, 0.1) is 11.8 Å². The summed E-state index contributed by atoms with van der Waals surface area (Å²) >= 11 is 0. The number of esters is 1. The molecule has 1 aliphatic rings. The monoisotopic (exact) mass is 280 g/mol. The molecule has 112 valence electrons. The molecule has 1 heterocycles. The minimum absolute atomic E-state index is 0.0621. The van der Waals surface area contributed by atoms with Crippen LogP contribution in [0.4, 0.5) is 0 Å². The van der Waals surface area contributed by atoms with Gasteiger partial charge in [0.2, 0.25) is 0 Å². The first-order chi connectivity index (χ1) is 9.67. The van der Waals surface area contributed by atoms with Gasteiger partial charge in [0.1, 0.15) is 18.3 Å². The number of hydrogen-bond acceptors (Lipinski definition) is 4. The normalized spacial score (nSPS) is 19.9. The van der Waals surface area contributed by atoms with Gasteiger partial charge >= 0.3 is 5.97 Å². The molecule has 1 unspecified atom stereocenters. The van der Waals surface area contributed by atoms with Gasteiger partial charge in [-0.3, -0.25) is 9.59 Å². The first kappa shape index (κ1) is 16.7. The van der Waals surface area contributed by atoms with Gasteiger partial charge in [0.15, 0.2) is 0 Å². The average Bonchev–Trinajstić information content (AvgIpc) is 3.14. The number of epoxide rings is 1. The van der Waals surface area contributed by atoms with Crippen molar-refractivity contribution in [3.8, 4) is 11.8 Å². The van der Waals surface area contributed by atoms with E-state index in [9.17, 15) is 9.59 Å². The molecule has 2 atom stereocenters. The molecule has 20 heavy (non-hydrogen) atoms. The van der Waals surface area contributed by atoms with Crippen LogP contribution in [0.3, 0.4) is 0 Å². The fraction of sp³-hybridized carbons (Fsp3) is 0.750. The molecule has 4 nitrogen and oxygen atoms in total. The fourth-order valence-electron chi connectivity index (χ4n) is 1.92. The van der Waals surface area contributed by atoms with Gasteiger partial charge in [0.25, 0.3) is 0 Å². The van der Waals surface area contributed by atoms with Crippen molar-refractivity contribution in [1.82, 2.24) is 0 Å². The predicted molar refractivity (Wildman–Crippen MR) is 76.1 cm³/mol. The molecule has 1 saturated heterocycles. The van der Waals surface area contributed by atoms with Gasteiger partial charge in [-0.1, -0.05) is 38.0 Å². The second-order valence-corrected chi connectivity index (χ2v) is 4.93. The van der Waals surface area contributed by atoms with Crippen LogP contribution < -0.4 is 0 Å². The standard InChI is InChI=1S/C16H24O4/c1-3-5-6-10-14-15(20-14)11-8-7-9-13(17)12-16(18)19-4-2/h14-15H,3-7,9-10,12H2,1-2H3/t14?,15-/m0/s1. The van der Waals surface area contributed by atoms with E-state index in [1.165, 1.54) is 19.3 Å². The SMILES string of the molecule is CCCCCC1O[C@H]1C#CCCC(=O)CC(=O)OCC. The quantitative estimate of drug-likeness (QED) is 0.214. The van der Waals surface area contributed by atoms with Crippen LogP contribution in [-0.4, -0.2) is 30.6 Å². The minimum atomic E-state index is -0.452. The molecule has 0 spiro atoms. The van der Waals surface area contributed by atoms with E-state index in [0.29, 0.717) is 25.6 Å². The Bertz CT molecular complexity index is 378. The Morgan fingerprint density at radius 2 is 2.05 bits per heavy atom. The highest BCUT2D eigenvalue weighted by atomic mass is 16.6. The summed E-state index contributed by atoms with van der Waals surface area (Å²) in [6.07, 6.45) is 5.73. The first-order valence-corrected chi connectivity index (χ1v) is 7.48. The summed E-state index contributed by atoms with van der Waals surface area (Å²) in [6.45, 7) is 4.21.